The van der Waals surface area contributed by atoms with Crippen molar-refractivity contribution in [2.75, 3.05) is 5.75 Å². The highest BCUT2D eigenvalue weighted by Gasteiger charge is 2.34. The SMILES string of the molecule is O=C(CC1C=CS(=O)(=O)C1)N(Cc1ccccc1F)C1CC1. The molecule has 2 aliphatic rings. The lowest BCUT2D eigenvalue weighted by Gasteiger charge is -2.24. The number of hydrogen-bond donors (Lipinski definition) is 0. The third kappa shape index (κ3) is 3.55. The molecule has 1 amide bonds. The molecular weight excluding hydrogens is 305 g/mol. The highest BCUT2D eigenvalue weighted by molar-refractivity contribution is 7.94. The predicted octanol–water partition coefficient (Wildman–Crippen LogP) is 2.27. The first kappa shape index (κ1) is 15.2. The summed E-state index contributed by atoms with van der Waals surface area (Å²) in [5, 5.41) is 1.18. The number of rotatable bonds is 5. The fourth-order valence-electron chi connectivity index (χ4n) is 2.73. The van der Waals surface area contributed by atoms with Crippen LogP contribution in [0.25, 0.3) is 0 Å². The van der Waals surface area contributed by atoms with E-state index in [-0.39, 0.29) is 42.4 Å². The van der Waals surface area contributed by atoms with Gasteiger partial charge in [0.15, 0.2) is 9.84 Å². The molecule has 1 saturated carbocycles. The Morgan fingerprint density at radius 3 is 2.59 bits per heavy atom. The normalized spacial score (nSPS) is 22.7. The van der Waals surface area contributed by atoms with Crippen molar-refractivity contribution in [2.45, 2.75) is 31.8 Å². The Morgan fingerprint density at radius 2 is 2.00 bits per heavy atom. The van der Waals surface area contributed by atoms with Gasteiger partial charge in [0.1, 0.15) is 5.82 Å². The third-order valence-electron chi connectivity index (χ3n) is 4.05. The quantitative estimate of drug-likeness (QED) is 0.835. The number of hydrogen-bond acceptors (Lipinski definition) is 3. The van der Waals surface area contributed by atoms with Crippen LogP contribution in [-0.4, -0.2) is 31.0 Å². The van der Waals surface area contributed by atoms with E-state index in [2.05, 4.69) is 0 Å². The molecule has 0 spiro atoms. The Bertz CT molecular complexity index is 710. The smallest absolute Gasteiger partial charge is 0.223 e. The number of halogens is 1. The highest BCUT2D eigenvalue weighted by Crippen LogP contribution is 2.31. The van der Waals surface area contributed by atoms with Gasteiger partial charge in [-0.05, 0) is 18.9 Å². The van der Waals surface area contributed by atoms with E-state index in [1.807, 2.05) is 0 Å². The van der Waals surface area contributed by atoms with Gasteiger partial charge in [0, 0.05) is 35.9 Å². The second-order valence-corrected chi connectivity index (χ2v) is 7.90. The molecule has 4 nitrogen and oxygen atoms in total. The lowest BCUT2D eigenvalue weighted by molar-refractivity contribution is -0.133. The van der Waals surface area contributed by atoms with Gasteiger partial charge in [-0.3, -0.25) is 4.79 Å². The number of benzene rings is 1. The molecule has 22 heavy (non-hydrogen) atoms. The fraction of sp³-hybridized carbons (Fsp3) is 0.438. The van der Waals surface area contributed by atoms with E-state index >= 15 is 0 Å². The highest BCUT2D eigenvalue weighted by atomic mass is 32.2. The monoisotopic (exact) mass is 323 g/mol. The van der Waals surface area contributed by atoms with Crippen LogP contribution in [0.1, 0.15) is 24.8 Å². The van der Waals surface area contributed by atoms with Crippen LogP contribution in [-0.2, 0) is 21.2 Å². The number of carbonyl (C=O) groups is 1. The molecule has 0 N–H and O–H groups in total. The summed E-state index contributed by atoms with van der Waals surface area (Å²) in [7, 11) is -3.15. The molecule has 118 valence electrons. The lowest BCUT2D eigenvalue weighted by atomic mass is 10.1. The molecule has 1 unspecified atom stereocenters. The number of carbonyl (C=O) groups excluding carboxylic acids is 1. The molecular formula is C16H18FNO3S. The molecule has 1 fully saturated rings. The van der Waals surface area contributed by atoms with E-state index < -0.39 is 9.84 Å². The molecule has 3 rings (SSSR count). The van der Waals surface area contributed by atoms with Gasteiger partial charge in [0.05, 0.1) is 5.75 Å². The average molecular weight is 323 g/mol. The Morgan fingerprint density at radius 1 is 1.27 bits per heavy atom. The molecule has 1 aromatic rings. The van der Waals surface area contributed by atoms with Gasteiger partial charge in [-0.2, -0.15) is 0 Å². The zero-order chi connectivity index (χ0) is 15.7. The van der Waals surface area contributed by atoms with Gasteiger partial charge in [0.25, 0.3) is 0 Å². The average Bonchev–Trinajstić information content (AvgIpc) is 3.23. The zero-order valence-electron chi connectivity index (χ0n) is 12.1. The first-order chi connectivity index (χ1) is 10.4. The Hall–Kier alpha value is -1.69. The van der Waals surface area contributed by atoms with E-state index in [9.17, 15) is 17.6 Å². The molecule has 1 aromatic carbocycles. The summed E-state index contributed by atoms with van der Waals surface area (Å²) < 4.78 is 36.6. The fourth-order valence-corrected chi connectivity index (χ4v) is 4.12. The van der Waals surface area contributed by atoms with Gasteiger partial charge in [0.2, 0.25) is 5.91 Å². The lowest BCUT2D eigenvalue weighted by Crippen LogP contribution is -2.34. The first-order valence-electron chi connectivity index (χ1n) is 7.38. The van der Waals surface area contributed by atoms with E-state index in [0.29, 0.717) is 5.56 Å². The summed E-state index contributed by atoms with van der Waals surface area (Å²) in [5.41, 5.74) is 0.498. The molecule has 6 heteroatoms. The van der Waals surface area contributed by atoms with Crippen molar-refractivity contribution in [3.05, 3.63) is 47.1 Å². The third-order valence-corrected chi connectivity index (χ3v) is 5.51. The van der Waals surface area contributed by atoms with Gasteiger partial charge in [-0.15, -0.1) is 0 Å². The van der Waals surface area contributed by atoms with Crippen LogP contribution in [0.3, 0.4) is 0 Å². The van der Waals surface area contributed by atoms with Gasteiger partial charge < -0.3 is 4.90 Å². The maximum atomic E-state index is 13.8. The van der Waals surface area contributed by atoms with Crippen molar-refractivity contribution in [2.24, 2.45) is 5.92 Å². The van der Waals surface area contributed by atoms with Crippen LogP contribution >= 0.6 is 0 Å². The van der Waals surface area contributed by atoms with Crippen molar-refractivity contribution in [1.82, 2.24) is 4.90 Å². The molecule has 1 heterocycles. The minimum absolute atomic E-state index is 0.00303. The standard InChI is InChI=1S/C16H18FNO3S/c17-15-4-2-1-3-13(15)10-18(14-5-6-14)16(19)9-12-7-8-22(20,21)11-12/h1-4,7-8,12,14H,5-6,9-11H2. The van der Waals surface area contributed by atoms with Crippen LogP contribution in [0.4, 0.5) is 4.39 Å². The van der Waals surface area contributed by atoms with Crippen LogP contribution in [0.2, 0.25) is 0 Å². The number of allylic oxidation sites excluding steroid dienone is 1. The molecule has 1 aliphatic heterocycles. The second-order valence-electron chi connectivity index (χ2n) is 5.97. The Balaban J connectivity index is 1.68. The topological polar surface area (TPSA) is 54.5 Å². The van der Waals surface area contributed by atoms with E-state index in [1.54, 1.807) is 29.2 Å². The first-order valence-corrected chi connectivity index (χ1v) is 9.10. The van der Waals surface area contributed by atoms with E-state index in [4.69, 9.17) is 0 Å². The largest absolute Gasteiger partial charge is 0.335 e. The van der Waals surface area contributed by atoms with Crippen molar-refractivity contribution in [3.63, 3.8) is 0 Å². The second kappa shape index (κ2) is 5.83. The van der Waals surface area contributed by atoms with E-state index in [1.165, 1.54) is 11.5 Å². The van der Waals surface area contributed by atoms with Crippen LogP contribution in [0.15, 0.2) is 35.7 Å². The minimum Gasteiger partial charge on any atom is -0.335 e. The Labute approximate surface area is 129 Å². The maximum Gasteiger partial charge on any atom is 0.223 e. The predicted molar refractivity (Wildman–Crippen MR) is 81.0 cm³/mol. The Kier molecular flexibility index (Phi) is 4.04. The molecule has 0 radical (unpaired) electrons. The summed E-state index contributed by atoms with van der Waals surface area (Å²) in [5.74, 6) is -0.683. The molecule has 0 aromatic heterocycles. The molecule has 1 aliphatic carbocycles. The summed E-state index contributed by atoms with van der Waals surface area (Å²) in [4.78, 5) is 14.2. The van der Waals surface area contributed by atoms with Crippen LogP contribution in [0, 0.1) is 11.7 Å². The van der Waals surface area contributed by atoms with Crippen LogP contribution < -0.4 is 0 Å². The molecule has 1 atom stereocenters. The van der Waals surface area contributed by atoms with Gasteiger partial charge in [-0.1, -0.05) is 24.3 Å². The minimum atomic E-state index is -3.15. The summed E-state index contributed by atoms with van der Waals surface area (Å²) in [6.45, 7) is 0.249. The number of amides is 1. The molecule has 0 saturated heterocycles. The van der Waals surface area contributed by atoms with Crippen molar-refractivity contribution < 1.29 is 17.6 Å². The zero-order valence-corrected chi connectivity index (χ0v) is 12.9. The van der Waals surface area contributed by atoms with E-state index in [0.717, 1.165) is 12.8 Å². The van der Waals surface area contributed by atoms with Crippen LogP contribution in [0.5, 0.6) is 0 Å². The van der Waals surface area contributed by atoms with Gasteiger partial charge in [-0.25, -0.2) is 12.8 Å². The number of nitrogens with zero attached hydrogens (tertiary/aromatic N) is 1. The summed E-state index contributed by atoms with van der Waals surface area (Å²) in [6.07, 6.45) is 3.61. The maximum absolute atomic E-state index is 13.8. The molecule has 0 bridgehead atoms. The van der Waals surface area contributed by atoms with Crippen molar-refractivity contribution in [1.29, 1.82) is 0 Å². The van der Waals surface area contributed by atoms with Gasteiger partial charge >= 0.3 is 0 Å². The summed E-state index contributed by atoms with van der Waals surface area (Å²) in [6, 6.07) is 6.60. The van der Waals surface area contributed by atoms with Crippen molar-refractivity contribution >= 4 is 15.7 Å². The summed E-state index contributed by atoms with van der Waals surface area (Å²) >= 11 is 0. The number of sulfone groups is 1. The van der Waals surface area contributed by atoms with Crippen molar-refractivity contribution in [3.8, 4) is 0 Å².